The van der Waals surface area contributed by atoms with Gasteiger partial charge in [-0.25, -0.2) is 0 Å². The zero-order chi connectivity index (χ0) is 19.6. The van der Waals surface area contributed by atoms with Gasteiger partial charge in [-0.15, -0.1) is 0 Å². The Bertz CT molecular complexity index is 952. The van der Waals surface area contributed by atoms with Gasteiger partial charge in [0.05, 0.1) is 14.2 Å². The summed E-state index contributed by atoms with van der Waals surface area (Å²) in [6.45, 7) is 8.22. The first kappa shape index (κ1) is 17.7. The first-order chi connectivity index (χ1) is 13.5. The van der Waals surface area contributed by atoms with Crippen molar-refractivity contribution in [2.45, 2.75) is 44.7 Å². The minimum atomic E-state index is -0.180. The molecule has 0 aliphatic carbocycles. The van der Waals surface area contributed by atoms with Crippen LogP contribution in [0, 0.1) is 0 Å². The summed E-state index contributed by atoms with van der Waals surface area (Å²) in [5.74, 6) is 3.71. The van der Waals surface area contributed by atoms with Crippen molar-refractivity contribution in [2.24, 2.45) is 0 Å². The number of methoxy groups -OCH3 is 2. The number of nitrogens with zero attached hydrogens (tertiary/aromatic N) is 1. The van der Waals surface area contributed by atoms with Crippen molar-refractivity contribution in [3.8, 4) is 23.0 Å². The van der Waals surface area contributed by atoms with Crippen molar-refractivity contribution in [1.82, 2.24) is 4.90 Å². The van der Waals surface area contributed by atoms with Gasteiger partial charge in [0.15, 0.2) is 23.0 Å². The average molecular weight is 381 g/mol. The molecule has 0 aromatic heterocycles. The fraction of sp³-hybridized carbons (Fsp3) is 0.478. The Morgan fingerprint density at radius 2 is 1.79 bits per heavy atom. The summed E-state index contributed by atoms with van der Waals surface area (Å²) in [4.78, 5) is 2.62. The summed E-state index contributed by atoms with van der Waals surface area (Å²) in [6.07, 6.45) is 1.00. The lowest BCUT2D eigenvalue weighted by Crippen LogP contribution is -2.52. The second-order valence-electron chi connectivity index (χ2n) is 8.41. The van der Waals surface area contributed by atoms with Crippen LogP contribution < -0.4 is 18.9 Å². The van der Waals surface area contributed by atoms with E-state index in [0.29, 0.717) is 18.8 Å². The molecule has 3 heterocycles. The van der Waals surface area contributed by atoms with Crippen LogP contribution in [0.3, 0.4) is 0 Å². The summed E-state index contributed by atoms with van der Waals surface area (Å²) in [5.41, 5.74) is 5.12. The van der Waals surface area contributed by atoms with E-state index in [9.17, 15) is 0 Å². The van der Waals surface area contributed by atoms with Gasteiger partial charge in [-0.1, -0.05) is 13.0 Å². The Morgan fingerprint density at radius 3 is 2.50 bits per heavy atom. The molecular formula is C23H27NO4. The molecule has 0 spiro atoms. The predicted octanol–water partition coefficient (Wildman–Crippen LogP) is 4.38. The molecule has 2 aromatic carbocycles. The van der Waals surface area contributed by atoms with E-state index in [0.717, 1.165) is 36.0 Å². The maximum absolute atomic E-state index is 5.84. The Morgan fingerprint density at radius 1 is 1.04 bits per heavy atom. The zero-order valence-electron chi connectivity index (χ0n) is 17.2. The number of hydrogen-bond donors (Lipinski definition) is 0. The third-order valence-electron chi connectivity index (χ3n) is 6.78. The molecule has 0 saturated carbocycles. The molecule has 0 bridgehead atoms. The van der Waals surface area contributed by atoms with Crippen molar-refractivity contribution in [1.29, 1.82) is 0 Å². The van der Waals surface area contributed by atoms with E-state index in [-0.39, 0.29) is 5.54 Å². The van der Waals surface area contributed by atoms with Crippen LogP contribution in [0.1, 0.15) is 55.0 Å². The van der Waals surface area contributed by atoms with Crippen LogP contribution in [0.5, 0.6) is 23.0 Å². The van der Waals surface area contributed by atoms with E-state index < -0.39 is 0 Å². The average Bonchev–Trinajstić information content (AvgIpc) is 3.15. The molecule has 2 atom stereocenters. The zero-order valence-corrected chi connectivity index (χ0v) is 17.2. The highest BCUT2D eigenvalue weighted by Gasteiger charge is 2.48. The second kappa shape index (κ2) is 6.05. The van der Waals surface area contributed by atoms with E-state index in [1.165, 1.54) is 22.3 Å². The number of fused-ring (bicyclic) bond motifs is 5. The maximum Gasteiger partial charge on any atom is 0.231 e. The van der Waals surface area contributed by atoms with E-state index in [1.807, 2.05) is 6.07 Å². The third kappa shape index (κ3) is 2.23. The first-order valence-electron chi connectivity index (χ1n) is 9.92. The smallest absolute Gasteiger partial charge is 0.231 e. The molecule has 0 amide bonds. The van der Waals surface area contributed by atoms with E-state index in [1.54, 1.807) is 14.2 Å². The van der Waals surface area contributed by atoms with Crippen LogP contribution in [0.2, 0.25) is 0 Å². The Balaban J connectivity index is 1.71. The van der Waals surface area contributed by atoms with Gasteiger partial charge >= 0.3 is 0 Å². The largest absolute Gasteiger partial charge is 0.493 e. The molecule has 0 radical (unpaired) electrons. The van der Waals surface area contributed by atoms with Gasteiger partial charge in [0.1, 0.15) is 0 Å². The normalized spacial score (nSPS) is 24.2. The van der Waals surface area contributed by atoms with Gasteiger partial charge in [-0.05, 0) is 55.2 Å². The van der Waals surface area contributed by atoms with Crippen LogP contribution in [0.4, 0.5) is 0 Å². The van der Waals surface area contributed by atoms with Crippen molar-refractivity contribution in [2.75, 3.05) is 27.6 Å². The first-order valence-corrected chi connectivity index (χ1v) is 9.92. The van der Waals surface area contributed by atoms with Crippen molar-refractivity contribution in [3.05, 3.63) is 46.5 Å². The molecule has 0 N–H and O–H groups in total. The topological polar surface area (TPSA) is 40.2 Å². The molecule has 0 fully saturated rings. The molecular weight excluding hydrogens is 354 g/mol. The minimum absolute atomic E-state index is 0.180. The van der Waals surface area contributed by atoms with Gasteiger partial charge in [0.25, 0.3) is 0 Å². The standard InChI is InChI=1S/C23H27NO4/c1-13-15-6-7-17(25-4)22(26-5)20(15)23(2,3)24-9-8-14-10-18-19(28-12-27-18)11-16(14)21(13)24/h6-7,10-11,13,21H,8-9,12H2,1-5H3. The Hall–Kier alpha value is -2.40. The van der Waals surface area contributed by atoms with Crippen LogP contribution >= 0.6 is 0 Å². The molecule has 5 heteroatoms. The highest BCUT2D eigenvalue weighted by molar-refractivity contribution is 5.59. The molecule has 5 nitrogen and oxygen atoms in total. The Labute approximate surface area is 166 Å². The number of hydrogen-bond acceptors (Lipinski definition) is 5. The lowest BCUT2D eigenvalue weighted by Gasteiger charge is -2.54. The molecule has 2 aromatic rings. The highest BCUT2D eigenvalue weighted by atomic mass is 16.7. The molecule has 3 aliphatic heterocycles. The van der Waals surface area contributed by atoms with Gasteiger partial charge in [-0.2, -0.15) is 0 Å². The van der Waals surface area contributed by atoms with E-state index in [2.05, 4.69) is 43.9 Å². The SMILES string of the molecule is COc1ccc2c(c1OC)C(C)(C)N1CCc3cc4c(cc3C1C2C)OCO4. The molecule has 3 aliphatic rings. The lowest BCUT2D eigenvalue weighted by molar-refractivity contribution is 0.0274. The van der Waals surface area contributed by atoms with E-state index >= 15 is 0 Å². The van der Waals surface area contributed by atoms with Crippen LogP contribution in [-0.2, 0) is 12.0 Å². The van der Waals surface area contributed by atoms with Crippen LogP contribution in [0.25, 0.3) is 0 Å². The fourth-order valence-corrected chi connectivity index (χ4v) is 5.47. The summed E-state index contributed by atoms with van der Waals surface area (Å²) < 4.78 is 22.7. The number of rotatable bonds is 2. The van der Waals surface area contributed by atoms with Crippen LogP contribution in [-0.4, -0.2) is 32.5 Å². The van der Waals surface area contributed by atoms with Gasteiger partial charge in [0, 0.05) is 29.6 Å². The quantitative estimate of drug-likeness (QED) is 0.772. The van der Waals surface area contributed by atoms with Crippen molar-refractivity contribution >= 4 is 0 Å². The molecule has 5 rings (SSSR count). The summed E-state index contributed by atoms with van der Waals surface area (Å²) in [7, 11) is 3.43. The second-order valence-corrected chi connectivity index (χ2v) is 8.41. The minimum Gasteiger partial charge on any atom is -0.493 e. The Kier molecular flexibility index (Phi) is 3.82. The summed E-state index contributed by atoms with van der Waals surface area (Å²) >= 11 is 0. The van der Waals surface area contributed by atoms with Gasteiger partial charge in [-0.3, -0.25) is 4.90 Å². The molecule has 0 saturated heterocycles. The molecule has 148 valence electrons. The monoisotopic (exact) mass is 381 g/mol. The van der Waals surface area contributed by atoms with Gasteiger partial charge < -0.3 is 18.9 Å². The van der Waals surface area contributed by atoms with Crippen molar-refractivity contribution in [3.63, 3.8) is 0 Å². The summed E-state index contributed by atoms with van der Waals surface area (Å²) in [5, 5.41) is 0. The summed E-state index contributed by atoms with van der Waals surface area (Å²) in [6, 6.07) is 8.91. The van der Waals surface area contributed by atoms with Gasteiger partial charge in [0.2, 0.25) is 6.79 Å². The maximum atomic E-state index is 5.84. The predicted molar refractivity (Wildman–Crippen MR) is 107 cm³/mol. The number of benzene rings is 2. The number of ether oxygens (including phenoxy) is 4. The molecule has 28 heavy (non-hydrogen) atoms. The third-order valence-corrected chi connectivity index (χ3v) is 6.78. The fourth-order valence-electron chi connectivity index (χ4n) is 5.47. The van der Waals surface area contributed by atoms with Crippen LogP contribution in [0.15, 0.2) is 24.3 Å². The molecule has 2 unspecified atom stereocenters. The highest BCUT2D eigenvalue weighted by Crippen LogP contribution is 2.57. The van der Waals surface area contributed by atoms with E-state index in [4.69, 9.17) is 18.9 Å². The lowest BCUT2D eigenvalue weighted by atomic mass is 9.70. The van der Waals surface area contributed by atoms with Crippen molar-refractivity contribution < 1.29 is 18.9 Å².